The molecule has 1 fully saturated rings. The quantitative estimate of drug-likeness (QED) is 0.791. The van der Waals surface area contributed by atoms with Crippen LogP contribution in [0.25, 0.3) is 0 Å². The van der Waals surface area contributed by atoms with Crippen molar-refractivity contribution in [2.75, 3.05) is 25.9 Å². The van der Waals surface area contributed by atoms with E-state index in [2.05, 4.69) is 0 Å². The number of amides is 1. The average molecular weight is 353 g/mol. The molecular formula is C18H28N2O3S. The largest absolute Gasteiger partial charge is 0.343 e. The number of rotatable bonds is 6. The zero-order valence-corrected chi connectivity index (χ0v) is 15.5. The van der Waals surface area contributed by atoms with E-state index in [0.29, 0.717) is 0 Å². The standard InChI is InChI=1S/C18H28N2O3S/c1-16(17-10-6-5-7-11-17)20(24(2,22)23)15-12-18(21)19-13-8-3-4-9-14-19/h5-7,10-11,16H,3-4,8-9,12-15H2,1-2H3. The SMILES string of the molecule is CC(c1ccccc1)N(CCC(=O)N1CCCCCC1)S(C)(=O)=O. The molecule has 0 aromatic heterocycles. The van der Waals surface area contributed by atoms with Gasteiger partial charge in [-0.1, -0.05) is 43.2 Å². The molecule has 1 amide bonds. The summed E-state index contributed by atoms with van der Waals surface area (Å²) in [5.41, 5.74) is 0.935. The zero-order valence-electron chi connectivity index (χ0n) is 14.6. The summed E-state index contributed by atoms with van der Waals surface area (Å²) >= 11 is 0. The van der Waals surface area contributed by atoms with Gasteiger partial charge >= 0.3 is 0 Å². The molecule has 1 aromatic rings. The number of carbonyl (C=O) groups is 1. The monoisotopic (exact) mass is 352 g/mol. The van der Waals surface area contributed by atoms with E-state index in [1.807, 2.05) is 42.2 Å². The number of hydrogen-bond acceptors (Lipinski definition) is 3. The topological polar surface area (TPSA) is 57.7 Å². The molecule has 0 saturated carbocycles. The summed E-state index contributed by atoms with van der Waals surface area (Å²) in [7, 11) is -3.38. The smallest absolute Gasteiger partial charge is 0.223 e. The Balaban J connectivity index is 2.03. The van der Waals surface area contributed by atoms with Crippen molar-refractivity contribution in [2.45, 2.75) is 45.1 Å². The van der Waals surface area contributed by atoms with E-state index in [1.54, 1.807) is 0 Å². The number of likely N-dealkylation sites (tertiary alicyclic amines) is 1. The van der Waals surface area contributed by atoms with Gasteiger partial charge < -0.3 is 4.90 Å². The molecule has 1 aromatic carbocycles. The van der Waals surface area contributed by atoms with E-state index >= 15 is 0 Å². The lowest BCUT2D eigenvalue weighted by atomic mass is 10.1. The van der Waals surface area contributed by atoms with Gasteiger partial charge in [0.2, 0.25) is 15.9 Å². The highest BCUT2D eigenvalue weighted by Gasteiger charge is 2.26. The van der Waals surface area contributed by atoms with Gasteiger partial charge in [-0.15, -0.1) is 0 Å². The number of benzene rings is 1. The van der Waals surface area contributed by atoms with Crippen molar-refractivity contribution in [3.63, 3.8) is 0 Å². The van der Waals surface area contributed by atoms with Crippen molar-refractivity contribution < 1.29 is 13.2 Å². The van der Waals surface area contributed by atoms with E-state index in [0.717, 1.165) is 31.5 Å². The highest BCUT2D eigenvalue weighted by atomic mass is 32.2. The van der Waals surface area contributed by atoms with Crippen molar-refractivity contribution in [1.82, 2.24) is 9.21 Å². The third-order valence-electron chi connectivity index (χ3n) is 4.64. The minimum atomic E-state index is -3.38. The summed E-state index contributed by atoms with van der Waals surface area (Å²) in [6.07, 6.45) is 5.88. The lowest BCUT2D eigenvalue weighted by Crippen LogP contribution is -2.38. The Kier molecular flexibility index (Phi) is 6.80. The Bertz CT molecular complexity index is 623. The van der Waals surface area contributed by atoms with E-state index in [-0.39, 0.29) is 24.9 Å². The average Bonchev–Trinajstić information content (AvgIpc) is 2.83. The molecule has 134 valence electrons. The van der Waals surface area contributed by atoms with Crippen LogP contribution in [0.5, 0.6) is 0 Å². The lowest BCUT2D eigenvalue weighted by Gasteiger charge is -2.28. The van der Waals surface area contributed by atoms with Gasteiger partial charge in [0.05, 0.1) is 6.26 Å². The van der Waals surface area contributed by atoms with E-state index in [9.17, 15) is 13.2 Å². The predicted molar refractivity (Wildman–Crippen MR) is 96.1 cm³/mol. The van der Waals surface area contributed by atoms with Crippen molar-refractivity contribution in [2.24, 2.45) is 0 Å². The summed E-state index contributed by atoms with van der Waals surface area (Å²) in [4.78, 5) is 14.3. The third kappa shape index (κ3) is 5.31. The molecule has 1 heterocycles. The molecule has 1 unspecified atom stereocenters. The Morgan fingerprint density at radius 2 is 1.71 bits per heavy atom. The van der Waals surface area contributed by atoms with Crippen LogP contribution in [-0.4, -0.2) is 49.4 Å². The first-order valence-corrected chi connectivity index (χ1v) is 10.5. The molecule has 0 N–H and O–H groups in total. The van der Waals surface area contributed by atoms with Gasteiger partial charge in [0.25, 0.3) is 0 Å². The van der Waals surface area contributed by atoms with Crippen LogP contribution in [0.1, 0.15) is 50.6 Å². The second-order valence-corrected chi connectivity index (χ2v) is 8.44. The Labute approximate surface area is 145 Å². The molecule has 1 aliphatic rings. The summed E-state index contributed by atoms with van der Waals surface area (Å²) in [6.45, 7) is 3.69. The first-order chi connectivity index (χ1) is 11.4. The minimum Gasteiger partial charge on any atom is -0.343 e. The van der Waals surface area contributed by atoms with E-state index < -0.39 is 10.0 Å². The van der Waals surface area contributed by atoms with E-state index in [4.69, 9.17) is 0 Å². The molecular weight excluding hydrogens is 324 g/mol. The lowest BCUT2D eigenvalue weighted by molar-refractivity contribution is -0.131. The predicted octanol–water partition coefficient (Wildman–Crippen LogP) is 2.80. The second kappa shape index (κ2) is 8.62. The maximum Gasteiger partial charge on any atom is 0.223 e. The van der Waals surface area contributed by atoms with Gasteiger partial charge in [0.1, 0.15) is 0 Å². The summed E-state index contributed by atoms with van der Waals surface area (Å²) in [5, 5.41) is 0. The number of hydrogen-bond donors (Lipinski definition) is 0. The van der Waals surface area contributed by atoms with Crippen molar-refractivity contribution in [3.8, 4) is 0 Å². The number of sulfonamides is 1. The maximum atomic E-state index is 12.4. The fourth-order valence-electron chi connectivity index (χ4n) is 3.23. The molecule has 0 radical (unpaired) electrons. The second-order valence-electron chi connectivity index (χ2n) is 6.51. The van der Waals surface area contributed by atoms with Crippen LogP contribution in [0.4, 0.5) is 0 Å². The Hall–Kier alpha value is -1.40. The summed E-state index contributed by atoms with van der Waals surface area (Å²) in [5.74, 6) is 0.0609. The van der Waals surface area contributed by atoms with Crippen molar-refractivity contribution in [1.29, 1.82) is 0 Å². The number of carbonyl (C=O) groups excluding carboxylic acids is 1. The van der Waals surface area contributed by atoms with Gasteiger partial charge in [0.15, 0.2) is 0 Å². The van der Waals surface area contributed by atoms with Crippen LogP contribution < -0.4 is 0 Å². The van der Waals surface area contributed by atoms with Crippen molar-refractivity contribution in [3.05, 3.63) is 35.9 Å². The van der Waals surface area contributed by atoms with Crippen molar-refractivity contribution >= 4 is 15.9 Å². The highest BCUT2D eigenvalue weighted by Crippen LogP contribution is 2.23. The molecule has 24 heavy (non-hydrogen) atoms. The maximum absolute atomic E-state index is 12.4. The molecule has 1 atom stereocenters. The molecule has 0 aliphatic carbocycles. The van der Waals surface area contributed by atoms with Gasteiger partial charge in [-0.25, -0.2) is 8.42 Å². The van der Waals surface area contributed by atoms with Crippen LogP contribution in [0.15, 0.2) is 30.3 Å². The fourth-order valence-corrected chi connectivity index (χ4v) is 4.35. The minimum absolute atomic E-state index is 0.0609. The molecule has 0 spiro atoms. The Morgan fingerprint density at radius 3 is 2.25 bits per heavy atom. The van der Waals surface area contributed by atoms with Gasteiger partial charge in [0, 0.05) is 32.1 Å². The first kappa shape index (κ1) is 18.9. The summed E-state index contributed by atoms with van der Waals surface area (Å²) < 4.78 is 25.8. The van der Waals surface area contributed by atoms with Gasteiger partial charge in [-0.3, -0.25) is 4.79 Å². The van der Waals surface area contributed by atoms with Gasteiger partial charge in [-0.2, -0.15) is 4.31 Å². The van der Waals surface area contributed by atoms with Crippen LogP contribution in [0.3, 0.4) is 0 Å². The van der Waals surface area contributed by atoms with Gasteiger partial charge in [-0.05, 0) is 25.3 Å². The zero-order chi connectivity index (χ0) is 17.6. The molecule has 0 bridgehead atoms. The molecule has 1 saturated heterocycles. The highest BCUT2D eigenvalue weighted by molar-refractivity contribution is 7.88. The Morgan fingerprint density at radius 1 is 1.12 bits per heavy atom. The third-order valence-corrected chi connectivity index (χ3v) is 6.00. The fraction of sp³-hybridized carbons (Fsp3) is 0.611. The first-order valence-electron chi connectivity index (χ1n) is 8.69. The molecule has 1 aliphatic heterocycles. The molecule has 6 heteroatoms. The summed E-state index contributed by atoms with van der Waals surface area (Å²) in [6, 6.07) is 9.25. The van der Waals surface area contributed by atoms with E-state index in [1.165, 1.54) is 23.4 Å². The normalized spacial score (nSPS) is 17.5. The molecule has 5 nitrogen and oxygen atoms in total. The number of nitrogens with zero attached hydrogens (tertiary/aromatic N) is 2. The van der Waals surface area contributed by atoms with Crippen LogP contribution in [0, 0.1) is 0 Å². The molecule has 2 rings (SSSR count). The van der Waals surface area contributed by atoms with Crippen LogP contribution >= 0.6 is 0 Å². The van der Waals surface area contributed by atoms with Crippen LogP contribution in [0.2, 0.25) is 0 Å². The van der Waals surface area contributed by atoms with Crippen LogP contribution in [-0.2, 0) is 14.8 Å².